The van der Waals surface area contributed by atoms with Gasteiger partial charge in [-0.1, -0.05) is 6.58 Å². The largest absolute Gasteiger partial charge is 0.404 e. The summed E-state index contributed by atoms with van der Waals surface area (Å²) in [5, 5.41) is 7.05. The van der Waals surface area contributed by atoms with Crippen LogP contribution in [-0.4, -0.2) is 23.5 Å². The predicted octanol–water partition coefficient (Wildman–Crippen LogP) is 4.20. The van der Waals surface area contributed by atoms with Crippen LogP contribution in [0.15, 0.2) is 29.9 Å². The van der Waals surface area contributed by atoms with Gasteiger partial charge in [-0.25, -0.2) is 8.78 Å². The van der Waals surface area contributed by atoms with Crippen LogP contribution in [0.4, 0.5) is 8.78 Å². The number of hydrogen-bond donors (Lipinski definition) is 2. The van der Waals surface area contributed by atoms with E-state index in [0.29, 0.717) is 33.7 Å². The van der Waals surface area contributed by atoms with E-state index in [1.54, 1.807) is 39.3 Å². The average molecular weight is 342 g/mol. The van der Waals surface area contributed by atoms with Crippen molar-refractivity contribution in [3.8, 4) is 0 Å². The maximum absolute atomic E-state index is 14.2. The van der Waals surface area contributed by atoms with Gasteiger partial charge in [-0.05, 0) is 49.3 Å². The van der Waals surface area contributed by atoms with Gasteiger partial charge in [-0.2, -0.15) is 5.10 Å². The van der Waals surface area contributed by atoms with Crippen molar-refractivity contribution in [1.82, 2.24) is 10.2 Å². The molecule has 3 N–H and O–H groups in total. The lowest BCUT2D eigenvalue weighted by Crippen LogP contribution is -1.97. The van der Waals surface area contributed by atoms with Crippen LogP contribution in [0.1, 0.15) is 35.0 Å². The highest BCUT2D eigenvalue weighted by Crippen LogP contribution is 2.28. The van der Waals surface area contributed by atoms with Crippen LogP contribution in [-0.2, 0) is 0 Å². The lowest BCUT2D eigenvalue weighted by atomic mass is 9.99. The monoisotopic (exact) mass is 342 g/mol. The Hall–Kier alpha value is -3.02. The molecule has 0 atom stereocenters. The zero-order valence-corrected chi connectivity index (χ0v) is 14.4. The van der Waals surface area contributed by atoms with Crippen LogP contribution in [0.25, 0.3) is 23.3 Å². The van der Waals surface area contributed by atoms with Gasteiger partial charge in [0.2, 0.25) is 0 Å². The Morgan fingerprint density at radius 2 is 1.96 bits per heavy atom. The van der Waals surface area contributed by atoms with Gasteiger partial charge in [0.05, 0.1) is 5.69 Å². The van der Waals surface area contributed by atoms with Crippen molar-refractivity contribution < 1.29 is 8.78 Å². The number of nitrogens with zero attached hydrogens (tertiary/aromatic N) is 2. The molecule has 2 aromatic rings. The number of benzene rings is 1. The molecular weight excluding hydrogens is 322 g/mol. The number of aliphatic imine (C=N–C) groups is 1. The van der Waals surface area contributed by atoms with Crippen molar-refractivity contribution in [3.05, 3.63) is 64.6 Å². The SMILES string of the molecule is C=Cc1[nH]nc(C(C=NC)=CN)c1/C=C(\C)c1c(F)cc(C)cc1F. The Balaban J connectivity index is 2.65. The van der Waals surface area contributed by atoms with Gasteiger partial charge in [-0.15, -0.1) is 0 Å². The molecule has 0 fully saturated rings. The molecule has 4 nitrogen and oxygen atoms in total. The van der Waals surface area contributed by atoms with E-state index in [1.807, 2.05) is 0 Å². The number of aromatic nitrogens is 2. The van der Waals surface area contributed by atoms with Gasteiger partial charge >= 0.3 is 0 Å². The Kier molecular flexibility index (Phi) is 5.64. The number of aromatic amines is 1. The first-order valence-electron chi connectivity index (χ1n) is 7.62. The van der Waals surface area contributed by atoms with E-state index in [1.165, 1.54) is 18.3 Å². The highest BCUT2D eigenvalue weighted by atomic mass is 19.1. The second kappa shape index (κ2) is 7.70. The number of rotatable bonds is 5. The molecule has 6 heteroatoms. The molecule has 25 heavy (non-hydrogen) atoms. The van der Waals surface area contributed by atoms with E-state index in [9.17, 15) is 8.78 Å². The van der Waals surface area contributed by atoms with Gasteiger partial charge < -0.3 is 5.73 Å². The Bertz CT molecular complexity index is 866. The molecule has 0 unspecified atom stereocenters. The van der Waals surface area contributed by atoms with Crippen LogP contribution in [0.2, 0.25) is 0 Å². The Morgan fingerprint density at radius 3 is 2.48 bits per heavy atom. The molecule has 0 saturated carbocycles. The minimum absolute atomic E-state index is 0.0739. The van der Waals surface area contributed by atoms with Gasteiger partial charge in [-0.3, -0.25) is 10.1 Å². The summed E-state index contributed by atoms with van der Waals surface area (Å²) in [7, 11) is 1.61. The number of halogens is 2. The number of H-pyrrole nitrogens is 1. The summed E-state index contributed by atoms with van der Waals surface area (Å²) >= 11 is 0. The molecule has 130 valence electrons. The molecule has 0 saturated heterocycles. The van der Waals surface area contributed by atoms with E-state index >= 15 is 0 Å². The number of nitrogens with two attached hydrogens (primary N) is 1. The van der Waals surface area contributed by atoms with Crippen molar-refractivity contribution >= 4 is 29.5 Å². The van der Waals surface area contributed by atoms with Crippen molar-refractivity contribution in [1.29, 1.82) is 0 Å². The molecule has 0 spiro atoms. The fourth-order valence-corrected chi connectivity index (χ4v) is 2.57. The summed E-state index contributed by atoms with van der Waals surface area (Å²) in [6.45, 7) is 7.01. The normalized spacial score (nSPS) is 12.8. The predicted molar refractivity (Wildman–Crippen MR) is 99.9 cm³/mol. The minimum Gasteiger partial charge on any atom is -0.404 e. The first-order valence-corrected chi connectivity index (χ1v) is 7.62. The third-order valence-electron chi connectivity index (χ3n) is 3.70. The van der Waals surface area contributed by atoms with Gasteiger partial charge in [0.15, 0.2) is 0 Å². The fraction of sp³-hybridized carbons (Fsp3) is 0.158. The Morgan fingerprint density at radius 1 is 1.32 bits per heavy atom. The first-order chi connectivity index (χ1) is 11.9. The molecule has 1 aromatic carbocycles. The third-order valence-corrected chi connectivity index (χ3v) is 3.70. The van der Waals surface area contributed by atoms with Crippen molar-refractivity contribution in [3.63, 3.8) is 0 Å². The highest BCUT2D eigenvalue weighted by molar-refractivity contribution is 6.10. The first kappa shape index (κ1) is 18.3. The summed E-state index contributed by atoms with van der Waals surface area (Å²) in [5.41, 5.74) is 8.86. The number of aryl methyl sites for hydroxylation is 1. The Labute approximate surface area is 145 Å². The molecule has 0 aliphatic carbocycles. The fourth-order valence-electron chi connectivity index (χ4n) is 2.57. The molecule has 0 radical (unpaired) electrons. The van der Waals surface area contributed by atoms with Crippen molar-refractivity contribution in [2.24, 2.45) is 10.7 Å². The molecule has 0 aliphatic rings. The highest BCUT2D eigenvalue weighted by Gasteiger charge is 2.16. The molecule has 2 rings (SSSR count). The van der Waals surface area contributed by atoms with E-state index < -0.39 is 11.6 Å². The summed E-state index contributed by atoms with van der Waals surface area (Å²) in [6, 6.07) is 2.60. The average Bonchev–Trinajstić information content (AvgIpc) is 2.94. The molecule has 1 heterocycles. The van der Waals surface area contributed by atoms with E-state index in [0.717, 1.165) is 0 Å². The lowest BCUT2D eigenvalue weighted by Gasteiger charge is -2.08. The summed E-state index contributed by atoms with van der Waals surface area (Å²) in [6.07, 6.45) is 6.16. The van der Waals surface area contributed by atoms with Crippen LogP contribution in [0.5, 0.6) is 0 Å². The molecule has 0 amide bonds. The van der Waals surface area contributed by atoms with E-state index in [4.69, 9.17) is 5.73 Å². The third kappa shape index (κ3) is 3.74. The molecule has 1 aromatic heterocycles. The molecule has 0 bridgehead atoms. The van der Waals surface area contributed by atoms with Crippen LogP contribution >= 0.6 is 0 Å². The summed E-state index contributed by atoms with van der Waals surface area (Å²) in [4.78, 5) is 3.94. The summed E-state index contributed by atoms with van der Waals surface area (Å²) < 4.78 is 28.5. The number of nitrogens with one attached hydrogen (secondary N) is 1. The van der Waals surface area contributed by atoms with Gasteiger partial charge in [0.1, 0.15) is 17.3 Å². The van der Waals surface area contributed by atoms with Gasteiger partial charge in [0.25, 0.3) is 0 Å². The zero-order valence-electron chi connectivity index (χ0n) is 14.4. The van der Waals surface area contributed by atoms with Crippen molar-refractivity contribution in [2.75, 3.05) is 7.05 Å². The topological polar surface area (TPSA) is 67.1 Å². The number of allylic oxidation sites excluding steroid dienone is 2. The minimum atomic E-state index is -0.610. The van der Waals surface area contributed by atoms with Crippen LogP contribution in [0.3, 0.4) is 0 Å². The second-order valence-corrected chi connectivity index (χ2v) is 5.54. The van der Waals surface area contributed by atoms with Gasteiger partial charge in [0, 0.05) is 36.2 Å². The quantitative estimate of drug-likeness (QED) is 0.800. The second-order valence-electron chi connectivity index (χ2n) is 5.54. The molecule has 0 aliphatic heterocycles. The maximum atomic E-state index is 14.2. The maximum Gasteiger partial charge on any atom is 0.133 e. The lowest BCUT2D eigenvalue weighted by molar-refractivity contribution is 0.575. The van der Waals surface area contributed by atoms with E-state index in [-0.39, 0.29) is 5.56 Å². The van der Waals surface area contributed by atoms with Crippen LogP contribution in [0, 0.1) is 18.6 Å². The zero-order chi connectivity index (χ0) is 18.6. The smallest absolute Gasteiger partial charge is 0.133 e. The molecular formula is C19H20F2N4. The van der Waals surface area contributed by atoms with Crippen molar-refractivity contribution in [2.45, 2.75) is 13.8 Å². The summed E-state index contributed by atoms with van der Waals surface area (Å²) in [5.74, 6) is -1.22. The van der Waals surface area contributed by atoms with Crippen LogP contribution < -0.4 is 5.73 Å². The standard InChI is InChI=1S/C19H20F2N4/c1-5-17-14(19(25-24-17)13(9-22)10-23-4)8-12(3)18-15(20)6-11(2)7-16(18)21/h5-10H,1,22H2,2-4H3,(H,24,25)/b12-8+,13-9?,23-10?. The van der Waals surface area contributed by atoms with E-state index in [2.05, 4.69) is 21.8 Å². The number of hydrogen-bond acceptors (Lipinski definition) is 3.